The number of aromatic nitrogens is 2. The summed E-state index contributed by atoms with van der Waals surface area (Å²) in [6.07, 6.45) is 1.71. The average Bonchev–Trinajstić information content (AvgIpc) is 3.23. The Morgan fingerprint density at radius 3 is 2.56 bits per heavy atom. The smallest absolute Gasteiger partial charge is 0.256 e. The van der Waals surface area contributed by atoms with Gasteiger partial charge in [-0.05, 0) is 43.2 Å². The largest absolute Gasteiger partial charge is 0.361 e. The molecule has 1 fully saturated rings. The van der Waals surface area contributed by atoms with Crippen molar-refractivity contribution in [3.63, 3.8) is 0 Å². The summed E-state index contributed by atoms with van der Waals surface area (Å²) in [6.45, 7) is 6.31. The first-order valence-electron chi connectivity index (χ1n) is 13.5. The van der Waals surface area contributed by atoms with Crippen LogP contribution in [0.3, 0.4) is 0 Å². The Labute approximate surface area is 237 Å². The van der Waals surface area contributed by atoms with Gasteiger partial charge in [-0.15, -0.1) is 0 Å². The summed E-state index contributed by atoms with van der Waals surface area (Å²) in [5.41, 5.74) is 5.84. The van der Waals surface area contributed by atoms with Gasteiger partial charge >= 0.3 is 0 Å². The van der Waals surface area contributed by atoms with Crippen molar-refractivity contribution in [1.82, 2.24) is 15.0 Å². The molecule has 1 saturated heterocycles. The second-order valence-corrected chi connectivity index (χ2v) is 10.3. The molecule has 41 heavy (non-hydrogen) atoms. The predicted octanol–water partition coefficient (Wildman–Crippen LogP) is 4.22. The number of rotatable bonds is 5. The summed E-state index contributed by atoms with van der Waals surface area (Å²) < 4.78 is 5.15. The van der Waals surface area contributed by atoms with Gasteiger partial charge in [-0.3, -0.25) is 14.5 Å². The summed E-state index contributed by atoms with van der Waals surface area (Å²) >= 11 is 0. The third-order valence-electron chi connectivity index (χ3n) is 7.77. The third kappa shape index (κ3) is 5.03. The number of hydrogen-bond acceptors (Lipinski definition) is 8. The maximum absolute atomic E-state index is 13.0. The minimum Gasteiger partial charge on any atom is -0.361 e. The molecule has 2 amide bonds. The van der Waals surface area contributed by atoms with Crippen LogP contribution in [0.2, 0.25) is 0 Å². The highest BCUT2D eigenvalue weighted by Gasteiger charge is 2.33. The van der Waals surface area contributed by atoms with E-state index in [0.29, 0.717) is 60.3 Å². The molecule has 1 unspecified atom stereocenters. The zero-order valence-electron chi connectivity index (χ0n) is 22.8. The first-order chi connectivity index (χ1) is 19.9. The van der Waals surface area contributed by atoms with Gasteiger partial charge in [-0.1, -0.05) is 41.6 Å². The Hall–Kier alpha value is -5.01. The van der Waals surface area contributed by atoms with Crippen LogP contribution in [0.4, 0.5) is 17.2 Å². The van der Waals surface area contributed by atoms with Crippen LogP contribution < -0.4 is 15.5 Å². The Balaban J connectivity index is 1.19. The SMILES string of the molecule is Cc1noc(C)c1CC(=O)Nc1cnc(N2CCN(C3c4ccccc4NC(=O)c4ccccc43)CC2)c(C#N)c1. The number of pyridine rings is 1. The van der Waals surface area contributed by atoms with Gasteiger partial charge in [0.2, 0.25) is 5.91 Å². The van der Waals surface area contributed by atoms with Crippen LogP contribution >= 0.6 is 0 Å². The predicted molar refractivity (Wildman–Crippen MR) is 154 cm³/mol. The quantitative estimate of drug-likeness (QED) is 0.380. The molecule has 10 heteroatoms. The number of para-hydroxylation sites is 1. The van der Waals surface area contributed by atoms with E-state index in [2.05, 4.69) is 42.7 Å². The van der Waals surface area contributed by atoms with Gasteiger partial charge in [-0.2, -0.15) is 5.26 Å². The van der Waals surface area contributed by atoms with Gasteiger partial charge in [0.25, 0.3) is 5.91 Å². The van der Waals surface area contributed by atoms with E-state index in [1.54, 1.807) is 26.1 Å². The highest BCUT2D eigenvalue weighted by Crippen LogP contribution is 2.39. The molecule has 0 saturated carbocycles. The van der Waals surface area contributed by atoms with Crippen molar-refractivity contribution in [2.24, 2.45) is 0 Å². The number of carbonyl (C=O) groups is 2. The number of piperazine rings is 1. The lowest BCUT2D eigenvalue weighted by Gasteiger charge is -2.40. The van der Waals surface area contributed by atoms with E-state index in [-0.39, 0.29) is 24.3 Å². The molecule has 2 aromatic heterocycles. The normalized spacial score (nSPS) is 16.7. The van der Waals surface area contributed by atoms with E-state index < -0.39 is 0 Å². The number of aryl methyl sites for hydroxylation is 2. The number of fused-ring (bicyclic) bond motifs is 2. The highest BCUT2D eigenvalue weighted by atomic mass is 16.5. The highest BCUT2D eigenvalue weighted by molar-refractivity contribution is 6.07. The van der Waals surface area contributed by atoms with Gasteiger partial charge in [0.1, 0.15) is 17.6 Å². The Morgan fingerprint density at radius 1 is 1.10 bits per heavy atom. The molecule has 0 spiro atoms. The average molecular weight is 548 g/mol. The Bertz CT molecular complexity index is 1660. The Kier molecular flexibility index (Phi) is 6.95. The van der Waals surface area contributed by atoms with Gasteiger partial charge in [0.15, 0.2) is 0 Å². The molecular weight excluding hydrogens is 518 g/mol. The molecular formula is C31H29N7O3. The number of amides is 2. The second kappa shape index (κ2) is 10.9. The lowest BCUT2D eigenvalue weighted by atomic mass is 9.93. The molecule has 10 nitrogen and oxygen atoms in total. The Morgan fingerprint density at radius 2 is 1.83 bits per heavy atom. The summed E-state index contributed by atoms with van der Waals surface area (Å²) in [6, 6.07) is 19.5. The first-order valence-corrected chi connectivity index (χ1v) is 13.5. The zero-order valence-corrected chi connectivity index (χ0v) is 22.8. The van der Waals surface area contributed by atoms with Crippen LogP contribution in [-0.2, 0) is 11.2 Å². The minimum atomic E-state index is -0.233. The molecule has 2 aliphatic heterocycles. The fraction of sp³-hybridized carbons (Fsp3) is 0.258. The maximum atomic E-state index is 13.0. The van der Waals surface area contributed by atoms with E-state index in [1.807, 2.05) is 42.5 Å². The second-order valence-electron chi connectivity index (χ2n) is 10.3. The molecule has 0 aliphatic carbocycles. The van der Waals surface area contributed by atoms with Crippen molar-refractivity contribution in [3.8, 4) is 6.07 Å². The van der Waals surface area contributed by atoms with Crippen LogP contribution in [0.25, 0.3) is 0 Å². The van der Waals surface area contributed by atoms with Gasteiger partial charge < -0.3 is 20.1 Å². The molecule has 2 N–H and O–H groups in total. The van der Waals surface area contributed by atoms with Crippen LogP contribution in [0.5, 0.6) is 0 Å². The lowest BCUT2D eigenvalue weighted by molar-refractivity contribution is -0.115. The summed E-state index contributed by atoms with van der Waals surface area (Å²) in [5.74, 6) is 0.871. The van der Waals surface area contributed by atoms with Gasteiger partial charge in [0.05, 0.1) is 35.6 Å². The summed E-state index contributed by atoms with van der Waals surface area (Å²) in [4.78, 5) is 34.7. The van der Waals surface area contributed by atoms with E-state index in [1.165, 1.54) is 0 Å². The number of hydrogen-bond donors (Lipinski definition) is 2. The van der Waals surface area contributed by atoms with Crippen molar-refractivity contribution in [2.45, 2.75) is 26.3 Å². The molecule has 1 atom stereocenters. The van der Waals surface area contributed by atoms with Crippen LogP contribution in [0.15, 0.2) is 65.3 Å². The summed E-state index contributed by atoms with van der Waals surface area (Å²) in [5, 5.41) is 19.7. The van der Waals surface area contributed by atoms with Gasteiger partial charge in [0, 0.05) is 43.0 Å². The number of nitriles is 1. The van der Waals surface area contributed by atoms with E-state index in [4.69, 9.17) is 4.52 Å². The van der Waals surface area contributed by atoms with Crippen LogP contribution in [0, 0.1) is 25.2 Å². The molecule has 4 aromatic rings. The van der Waals surface area contributed by atoms with Crippen molar-refractivity contribution >= 4 is 29.0 Å². The number of anilines is 3. The number of benzene rings is 2. The van der Waals surface area contributed by atoms with Gasteiger partial charge in [-0.25, -0.2) is 4.98 Å². The lowest BCUT2D eigenvalue weighted by Crippen LogP contribution is -2.48. The first kappa shape index (κ1) is 26.2. The third-order valence-corrected chi connectivity index (χ3v) is 7.77. The van der Waals surface area contributed by atoms with Crippen LogP contribution in [-0.4, -0.2) is 53.0 Å². The number of nitrogens with one attached hydrogen (secondary N) is 2. The molecule has 0 bridgehead atoms. The monoisotopic (exact) mass is 547 g/mol. The maximum Gasteiger partial charge on any atom is 0.256 e. The number of nitrogens with zero attached hydrogens (tertiary/aromatic N) is 5. The topological polar surface area (TPSA) is 127 Å². The van der Waals surface area contributed by atoms with Crippen molar-refractivity contribution in [1.29, 1.82) is 5.26 Å². The molecule has 6 rings (SSSR count). The van der Waals surface area contributed by atoms with E-state index in [9.17, 15) is 14.9 Å². The van der Waals surface area contributed by atoms with Crippen molar-refractivity contribution in [2.75, 3.05) is 41.7 Å². The van der Waals surface area contributed by atoms with Crippen molar-refractivity contribution < 1.29 is 14.1 Å². The van der Waals surface area contributed by atoms with E-state index >= 15 is 0 Å². The minimum absolute atomic E-state index is 0.0813. The summed E-state index contributed by atoms with van der Waals surface area (Å²) in [7, 11) is 0. The zero-order chi connectivity index (χ0) is 28.5. The van der Waals surface area contributed by atoms with E-state index in [0.717, 1.165) is 22.4 Å². The van der Waals surface area contributed by atoms with Crippen molar-refractivity contribution in [3.05, 3.63) is 100 Å². The molecule has 4 heterocycles. The fourth-order valence-corrected chi connectivity index (χ4v) is 5.71. The van der Waals surface area contributed by atoms with Crippen LogP contribution in [0.1, 0.15) is 50.1 Å². The number of carbonyl (C=O) groups excluding carboxylic acids is 2. The standard InChI is InChI=1S/C31H29N7O3/c1-19-26(20(2)41-36-19)16-28(39)34-22-15-21(17-32)30(33-18-22)38-13-11-37(12-14-38)29-23-7-3-4-8-24(23)31(40)35-27-10-6-5-9-25(27)29/h3-10,15,18,29H,11-14,16H2,1-2H3,(H,34,39)(H,35,40). The molecule has 2 aliphatic rings. The molecule has 0 radical (unpaired) electrons. The molecule has 2 aromatic carbocycles. The fourth-order valence-electron chi connectivity index (χ4n) is 5.71. The molecule has 206 valence electrons.